The molecule has 2 aromatic carbocycles. The SMILES string of the molecule is CCOc1ccccc1-n1c(C(C)N2CCN(CC#N)CC2)nc2cc(Cl)ccc2c1=O. The molecular weight excluding hydrogens is 426 g/mol. The van der Waals surface area contributed by atoms with E-state index in [1.165, 1.54) is 0 Å². The van der Waals surface area contributed by atoms with Gasteiger partial charge < -0.3 is 4.74 Å². The molecular formula is C24H26ClN5O2. The number of fused-ring (bicyclic) bond motifs is 1. The standard InChI is InChI=1S/C24H26ClN5O2/c1-3-32-22-7-5-4-6-21(22)30-23(17(2)29-14-12-28(11-10-26)13-15-29)27-20-16-18(25)8-9-19(20)24(30)31/h4-9,16-17H,3,11-15H2,1-2H3. The molecule has 0 bridgehead atoms. The molecule has 32 heavy (non-hydrogen) atoms. The molecule has 1 atom stereocenters. The number of hydrogen-bond acceptors (Lipinski definition) is 6. The van der Waals surface area contributed by atoms with Crippen molar-refractivity contribution in [3.63, 3.8) is 0 Å². The van der Waals surface area contributed by atoms with E-state index in [9.17, 15) is 4.79 Å². The zero-order valence-corrected chi connectivity index (χ0v) is 19.0. The van der Waals surface area contributed by atoms with Gasteiger partial charge in [-0.15, -0.1) is 0 Å². The number of rotatable bonds is 6. The fourth-order valence-electron chi connectivity index (χ4n) is 4.18. The Morgan fingerprint density at radius 3 is 2.66 bits per heavy atom. The summed E-state index contributed by atoms with van der Waals surface area (Å²) >= 11 is 6.21. The van der Waals surface area contributed by atoms with Crippen LogP contribution >= 0.6 is 11.6 Å². The molecule has 0 aliphatic carbocycles. The van der Waals surface area contributed by atoms with Crippen LogP contribution in [-0.2, 0) is 0 Å². The molecule has 0 N–H and O–H groups in total. The Hall–Kier alpha value is -2.92. The van der Waals surface area contributed by atoms with E-state index in [0.29, 0.717) is 46.3 Å². The number of nitriles is 1. The number of benzene rings is 2. The van der Waals surface area contributed by atoms with E-state index in [1.54, 1.807) is 22.8 Å². The minimum absolute atomic E-state index is 0.120. The van der Waals surface area contributed by atoms with Gasteiger partial charge in [0.05, 0.1) is 41.9 Å². The highest BCUT2D eigenvalue weighted by Crippen LogP contribution is 2.28. The van der Waals surface area contributed by atoms with E-state index in [1.807, 2.05) is 31.2 Å². The third-order valence-corrected chi connectivity index (χ3v) is 6.12. The van der Waals surface area contributed by atoms with Crippen molar-refractivity contribution in [3.05, 3.63) is 63.7 Å². The molecule has 3 aromatic rings. The lowest BCUT2D eigenvalue weighted by Gasteiger charge is -2.37. The summed E-state index contributed by atoms with van der Waals surface area (Å²) in [7, 11) is 0. The molecule has 8 heteroatoms. The Morgan fingerprint density at radius 1 is 1.19 bits per heavy atom. The zero-order chi connectivity index (χ0) is 22.7. The molecule has 1 aliphatic heterocycles. The molecule has 1 saturated heterocycles. The van der Waals surface area contributed by atoms with E-state index in [2.05, 4.69) is 22.8 Å². The van der Waals surface area contributed by atoms with Crippen LogP contribution < -0.4 is 10.3 Å². The smallest absolute Gasteiger partial charge is 0.266 e. The summed E-state index contributed by atoms with van der Waals surface area (Å²) in [4.78, 5) is 23.1. The van der Waals surface area contributed by atoms with Crippen molar-refractivity contribution >= 4 is 22.5 Å². The highest BCUT2D eigenvalue weighted by molar-refractivity contribution is 6.31. The summed E-state index contributed by atoms with van der Waals surface area (Å²) in [5.41, 5.74) is 1.11. The third kappa shape index (κ3) is 4.35. The third-order valence-electron chi connectivity index (χ3n) is 5.89. The van der Waals surface area contributed by atoms with Crippen LogP contribution in [0.2, 0.25) is 5.02 Å². The maximum absolute atomic E-state index is 13.7. The number of aromatic nitrogens is 2. The summed E-state index contributed by atoms with van der Waals surface area (Å²) in [6.07, 6.45) is 0. The second-order valence-electron chi connectivity index (χ2n) is 7.82. The zero-order valence-electron chi connectivity index (χ0n) is 18.3. The first-order valence-electron chi connectivity index (χ1n) is 10.8. The molecule has 7 nitrogen and oxygen atoms in total. The second-order valence-corrected chi connectivity index (χ2v) is 8.26. The van der Waals surface area contributed by atoms with E-state index in [4.69, 9.17) is 26.6 Å². The maximum atomic E-state index is 13.7. The Morgan fingerprint density at radius 2 is 1.94 bits per heavy atom. The minimum Gasteiger partial charge on any atom is -0.492 e. The predicted octanol–water partition coefficient (Wildman–Crippen LogP) is 3.64. The van der Waals surface area contributed by atoms with Crippen LogP contribution in [0.4, 0.5) is 0 Å². The summed E-state index contributed by atoms with van der Waals surface area (Å²) in [5.74, 6) is 1.28. The molecule has 1 aliphatic rings. The predicted molar refractivity (Wildman–Crippen MR) is 126 cm³/mol. The molecule has 0 saturated carbocycles. The molecule has 0 spiro atoms. The Bertz CT molecular complexity index is 1210. The number of ether oxygens (including phenoxy) is 1. The Balaban J connectivity index is 1.85. The van der Waals surface area contributed by atoms with Crippen LogP contribution in [0.3, 0.4) is 0 Å². The van der Waals surface area contributed by atoms with Crippen LogP contribution in [0.1, 0.15) is 25.7 Å². The van der Waals surface area contributed by atoms with Crippen LogP contribution in [0.25, 0.3) is 16.6 Å². The van der Waals surface area contributed by atoms with Gasteiger partial charge >= 0.3 is 0 Å². The first-order valence-corrected chi connectivity index (χ1v) is 11.2. The summed E-state index contributed by atoms with van der Waals surface area (Å²) in [6.45, 7) is 8.10. The van der Waals surface area contributed by atoms with Gasteiger partial charge in [0, 0.05) is 31.2 Å². The largest absolute Gasteiger partial charge is 0.492 e. The fourth-order valence-corrected chi connectivity index (χ4v) is 4.35. The molecule has 0 radical (unpaired) electrons. The number of piperazine rings is 1. The van der Waals surface area contributed by atoms with Crippen molar-refractivity contribution in [3.8, 4) is 17.5 Å². The lowest BCUT2D eigenvalue weighted by molar-refractivity contribution is 0.106. The van der Waals surface area contributed by atoms with Crippen molar-refractivity contribution in [2.24, 2.45) is 0 Å². The van der Waals surface area contributed by atoms with Crippen molar-refractivity contribution in [2.45, 2.75) is 19.9 Å². The number of halogens is 1. The van der Waals surface area contributed by atoms with Gasteiger partial charge in [0.25, 0.3) is 5.56 Å². The molecule has 166 valence electrons. The van der Waals surface area contributed by atoms with Crippen molar-refractivity contribution < 1.29 is 4.74 Å². The van der Waals surface area contributed by atoms with E-state index >= 15 is 0 Å². The van der Waals surface area contributed by atoms with E-state index in [0.717, 1.165) is 26.2 Å². The molecule has 2 heterocycles. The maximum Gasteiger partial charge on any atom is 0.266 e. The summed E-state index contributed by atoms with van der Waals surface area (Å²) < 4.78 is 7.51. The molecule has 0 amide bonds. The monoisotopic (exact) mass is 451 g/mol. The van der Waals surface area contributed by atoms with Crippen LogP contribution in [0.5, 0.6) is 5.75 Å². The van der Waals surface area contributed by atoms with Crippen LogP contribution in [-0.4, -0.2) is 58.7 Å². The number of nitrogens with zero attached hydrogens (tertiary/aromatic N) is 5. The Kier molecular flexibility index (Phi) is 6.75. The number of para-hydroxylation sites is 2. The van der Waals surface area contributed by atoms with Crippen molar-refractivity contribution in [1.82, 2.24) is 19.4 Å². The topological polar surface area (TPSA) is 74.4 Å². The van der Waals surface area contributed by atoms with Gasteiger partial charge in [-0.1, -0.05) is 23.7 Å². The van der Waals surface area contributed by atoms with Crippen LogP contribution in [0.15, 0.2) is 47.3 Å². The highest BCUT2D eigenvalue weighted by Gasteiger charge is 2.27. The highest BCUT2D eigenvalue weighted by atomic mass is 35.5. The average Bonchev–Trinajstić information content (AvgIpc) is 2.80. The summed E-state index contributed by atoms with van der Waals surface area (Å²) in [5, 5.41) is 10.0. The molecule has 1 unspecified atom stereocenters. The Labute approximate surface area is 192 Å². The lowest BCUT2D eigenvalue weighted by atomic mass is 10.1. The van der Waals surface area contributed by atoms with E-state index < -0.39 is 0 Å². The minimum atomic E-state index is -0.149. The quantitative estimate of drug-likeness (QED) is 0.533. The van der Waals surface area contributed by atoms with Gasteiger partial charge in [-0.25, -0.2) is 4.98 Å². The fraction of sp³-hybridized carbons (Fsp3) is 0.375. The molecule has 1 aromatic heterocycles. The van der Waals surface area contributed by atoms with E-state index in [-0.39, 0.29) is 11.6 Å². The lowest BCUT2D eigenvalue weighted by Crippen LogP contribution is -2.48. The van der Waals surface area contributed by atoms with Crippen molar-refractivity contribution in [2.75, 3.05) is 39.3 Å². The summed E-state index contributed by atoms with van der Waals surface area (Å²) in [6, 6.07) is 14.8. The molecule has 4 rings (SSSR count). The van der Waals surface area contributed by atoms with Crippen LogP contribution in [0, 0.1) is 11.3 Å². The van der Waals surface area contributed by atoms with Gasteiger partial charge in [-0.3, -0.25) is 19.2 Å². The van der Waals surface area contributed by atoms with Gasteiger partial charge in [0.1, 0.15) is 11.6 Å². The first kappa shape index (κ1) is 22.3. The van der Waals surface area contributed by atoms with Crippen molar-refractivity contribution in [1.29, 1.82) is 5.26 Å². The van der Waals surface area contributed by atoms with Gasteiger partial charge in [-0.2, -0.15) is 5.26 Å². The normalized spacial score (nSPS) is 16.1. The first-order chi connectivity index (χ1) is 15.5. The number of hydrogen-bond donors (Lipinski definition) is 0. The average molecular weight is 452 g/mol. The van der Waals surface area contributed by atoms with Gasteiger partial charge in [0.15, 0.2) is 0 Å². The van der Waals surface area contributed by atoms with Gasteiger partial charge in [0.2, 0.25) is 0 Å². The molecule has 1 fully saturated rings. The second kappa shape index (κ2) is 9.70. The van der Waals surface area contributed by atoms with Gasteiger partial charge in [-0.05, 0) is 44.2 Å².